The van der Waals surface area contributed by atoms with Gasteiger partial charge in [0.1, 0.15) is 11.7 Å². The Morgan fingerprint density at radius 1 is 1.00 bits per heavy atom. The fraction of sp³-hybridized carbons (Fsp3) is 0.280. The normalized spacial score (nSPS) is 18.8. The summed E-state index contributed by atoms with van der Waals surface area (Å²) >= 11 is 0. The van der Waals surface area contributed by atoms with Gasteiger partial charge in [-0.05, 0) is 53.8 Å². The number of aliphatic imine (C=N–C) groups is 1. The molecular formula is C25H25N3. The van der Waals surface area contributed by atoms with Crippen LogP contribution in [-0.2, 0) is 6.42 Å². The lowest BCUT2D eigenvalue weighted by Gasteiger charge is -2.11. The Labute approximate surface area is 166 Å². The van der Waals surface area contributed by atoms with Crippen LogP contribution in [0.5, 0.6) is 0 Å². The molecule has 0 amide bonds. The summed E-state index contributed by atoms with van der Waals surface area (Å²) in [5, 5.41) is 5.90. The molecule has 1 N–H and O–H groups in total. The standard InChI is InChI=1S/C25H25N3/c1-2-23-22(18-12-13-18)16-24(27-23)28-25-21-11-7-6-10-19(21)15-20(26-25)14-17-8-4-3-5-9-17/h3-11,15-16,18,23H,2,12-14H2,1H3,(H,26,27,28). The van der Waals surface area contributed by atoms with Crippen LogP contribution in [0.1, 0.15) is 37.4 Å². The molecule has 28 heavy (non-hydrogen) atoms. The first-order valence-corrected chi connectivity index (χ1v) is 10.3. The van der Waals surface area contributed by atoms with Gasteiger partial charge in [-0.3, -0.25) is 4.99 Å². The molecule has 1 aromatic heterocycles. The van der Waals surface area contributed by atoms with Crippen LogP contribution in [0.3, 0.4) is 0 Å². The van der Waals surface area contributed by atoms with E-state index in [0.29, 0.717) is 6.04 Å². The Balaban J connectivity index is 1.49. The molecule has 1 atom stereocenters. The number of hydrogen-bond acceptors (Lipinski definition) is 3. The molecule has 0 radical (unpaired) electrons. The van der Waals surface area contributed by atoms with E-state index in [2.05, 4.69) is 79.0 Å². The average molecular weight is 367 g/mol. The van der Waals surface area contributed by atoms with Crippen LogP contribution in [0, 0.1) is 5.92 Å². The van der Waals surface area contributed by atoms with Gasteiger partial charge in [-0.1, -0.05) is 61.5 Å². The second-order valence-electron chi connectivity index (χ2n) is 7.83. The highest BCUT2D eigenvalue weighted by molar-refractivity contribution is 6.09. The van der Waals surface area contributed by atoms with Gasteiger partial charge in [-0.25, -0.2) is 4.98 Å². The molecule has 1 unspecified atom stereocenters. The van der Waals surface area contributed by atoms with Gasteiger partial charge in [-0.15, -0.1) is 0 Å². The van der Waals surface area contributed by atoms with Crippen molar-refractivity contribution in [1.29, 1.82) is 0 Å². The summed E-state index contributed by atoms with van der Waals surface area (Å²) in [5.74, 6) is 2.62. The summed E-state index contributed by atoms with van der Waals surface area (Å²) < 4.78 is 0. The van der Waals surface area contributed by atoms with Crippen molar-refractivity contribution in [2.75, 3.05) is 5.32 Å². The number of rotatable bonds is 5. The Bertz CT molecular complexity index is 1060. The Morgan fingerprint density at radius 2 is 1.79 bits per heavy atom. The number of aromatic nitrogens is 1. The molecule has 1 aliphatic heterocycles. The SMILES string of the molecule is CCC1N=C(Nc2nc(Cc3ccccc3)cc3ccccc23)C=C1C1CC1. The van der Waals surface area contributed by atoms with Gasteiger partial charge < -0.3 is 5.32 Å². The van der Waals surface area contributed by atoms with Gasteiger partial charge in [0.15, 0.2) is 0 Å². The largest absolute Gasteiger partial charge is 0.325 e. The van der Waals surface area contributed by atoms with Crippen LogP contribution in [0.25, 0.3) is 10.8 Å². The first-order valence-electron chi connectivity index (χ1n) is 10.3. The quantitative estimate of drug-likeness (QED) is 0.622. The van der Waals surface area contributed by atoms with E-state index in [1.54, 1.807) is 0 Å². The maximum absolute atomic E-state index is 4.97. The van der Waals surface area contributed by atoms with Gasteiger partial charge in [0.2, 0.25) is 0 Å². The van der Waals surface area contributed by atoms with E-state index in [-0.39, 0.29) is 0 Å². The Hall–Kier alpha value is -2.94. The predicted octanol–water partition coefficient (Wildman–Crippen LogP) is 5.76. The molecule has 3 heteroatoms. The van der Waals surface area contributed by atoms with Crippen LogP contribution >= 0.6 is 0 Å². The summed E-state index contributed by atoms with van der Waals surface area (Å²) in [7, 11) is 0. The first-order chi connectivity index (χ1) is 13.8. The van der Waals surface area contributed by atoms with Crippen molar-refractivity contribution < 1.29 is 0 Å². The molecular weight excluding hydrogens is 342 g/mol. The molecule has 3 nitrogen and oxygen atoms in total. The van der Waals surface area contributed by atoms with Crippen LogP contribution in [0.15, 0.2) is 77.3 Å². The fourth-order valence-corrected chi connectivity index (χ4v) is 4.10. The molecule has 2 aromatic carbocycles. The van der Waals surface area contributed by atoms with Crippen LogP contribution in [0.4, 0.5) is 5.82 Å². The van der Waals surface area contributed by atoms with E-state index in [1.165, 1.54) is 29.4 Å². The second kappa shape index (κ2) is 7.23. The van der Waals surface area contributed by atoms with Crippen molar-refractivity contribution in [2.45, 2.75) is 38.6 Å². The van der Waals surface area contributed by atoms with E-state index >= 15 is 0 Å². The summed E-state index contributed by atoms with van der Waals surface area (Å²) in [4.78, 5) is 9.91. The highest BCUT2D eigenvalue weighted by Gasteiger charge is 2.33. The lowest BCUT2D eigenvalue weighted by molar-refractivity contribution is 0.709. The highest BCUT2D eigenvalue weighted by atomic mass is 15.1. The van der Waals surface area contributed by atoms with Crippen LogP contribution in [-0.4, -0.2) is 16.9 Å². The van der Waals surface area contributed by atoms with E-state index in [0.717, 1.165) is 41.5 Å². The second-order valence-corrected chi connectivity index (χ2v) is 7.83. The highest BCUT2D eigenvalue weighted by Crippen LogP contribution is 2.41. The molecule has 2 aliphatic rings. The number of anilines is 1. The fourth-order valence-electron chi connectivity index (χ4n) is 4.10. The Morgan fingerprint density at radius 3 is 2.57 bits per heavy atom. The third-order valence-corrected chi connectivity index (χ3v) is 5.69. The van der Waals surface area contributed by atoms with Gasteiger partial charge >= 0.3 is 0 Å². The zero-order valence-electron chi connectivity index (χ0n) is 16.2. The first kappa shape index (κ1) is 17.2. The van der Waals surface area contributed by atoms with Crippen molar-refractivity contribution in [3.63, 3.8) is 0 Å². The van der Waals surface area contributed by atoms with Crippen molar-refractivity contribution >= 4 is 22.4 Å². The number of amidine groups is 1. The maximum atomic E-state index is 4.97. The summed E-state index contributed by atoms with van der Waals surface area (Å²) in [6, 6.07) is 21.5. The minimum absolute atomic E-state index is 0.341. The van der Waals surface area contributed by atoms with Crippen molar-refractivity contribution in [1.82, 2.24) is 4.98 Å². The third kappa shape index (κ3) is 3.45. The molecule has 140 valence electrons. The van der Waals surface area contributed by atoms with Crippen LogP contribution < -0.4 is 5.32 Å². The maximum Gasteiger partial charge on any atom is 0.139 e. The van der Waals surface area contributed by atoms with E-state index in [1.807, 2.05) is 0 Å². The molecule has 0 bridgehead atoms. The van der Waals surface area contributed by atoms with Gasteiger partial charge in [0, 0.05) is 17.5 Å². The molecule has 5 rings (SSSR count). The number of pyridine rings is 1. The molecule has 1 aliphatic carbocycles. The lowest BCUT2D eigenvalue weighted by atomic mass is 10.0. The zero-order valence-corrected chi connectivity index (χ0v) is 16.2. The van der Waals surface area contributed by atoms with Crippen LogP contribution in [0.2, 0.25) is 0 Å². The van der Waals surface area contributed by atoms with Gasteiger partial charge in [0.25, 0.3) is 0 Å². The summed E-state index contributed by atoms with van der Waals surface area (Å²) in [5.41, 5.74) is 3.86. The minimum Gasteiger partial charge on any atom is -0.325 e. The minimum atomic E-state index is 0.341. The number of fused-ring (bicyclic) bond motifs is 1. The number of nitrogens with zero attached hydrogens (tertiary/aromatic N) is 2. The molecule has 1 saturated carbocycles. The average Bonchev–Trinajstić information content (AvgIpc) is 3.49. The molecule has 2 heterocycles. The van der Waals surface area contributed by atoms with E-state index in [4.69, 9.17) is 9.98 Å². The number of benzene rings is 2. The van der Waals surface area contributed by atoms with E-state index in [9.17, 15) is 0 Å². The van der Waals surface area contributed by atoms with Crippen molar-refractivity contribution in [3.8, 4) is 0 Å². The smallest absolute Gasteiger partial charge is 0.139 e. The number of hydrogen-bond donors (Lipinski definition) is 1. The monoisotopic (exact) mass is 367 g/mol. The predicted molar refractivity (Wildman–Crippen MR) is 117 cm³/mol. The van der Waals surface area contributed by atoms with Crippen molar-refractivity contribution in [3.05, 3.63) is 83.6 Å². The van der Waals surface area contributed by atoms with Gasteiger partial charge in [-0.2, -0.15) is 0 Å². The molecule has 0 saturated heterocycles. The number of nitrogens with one attached hydrogen (secondary N) is 1. The third-order valence-electron chi connectivity index (χ3n) is 5.69. The van der Waals surface area contributed by atoms with E-state index < -0.39 is 0 Å². The van der Waals surface area contributed by atoms with Crippen molar-refractivity contribution in [2.24, 2.45) is 10.9 Å². The summed E-state index contributed by atoms with van der Waals surface area (Å²) in [6.45, 7) is 2.22. The molecule has 0 spiro atoms. The zero-order chi connectivity index (χ0) is 18.9. The summed E-state index contributed by atoms with van der Waals surface area (Å²) in [6.07, 6.45) is 6.80. The lowest BCUT2D eigenvalue weighted by Crippen LogP contribution is -2.11. The topological polar surface area (TPSA) is 37.3 Å². The Kier molecular flexibility index (Phi) is 4.44. The molecule has 3 aromatic rings. The van der Waals surface area contributed by atoms with Gasteiger partial charge in [0.05, 0.1) is 6.04 Å². The molecule has 1 fully saturated rings.